The number of thiophene rings is 8. The van der Waals surface area contributed by atoms with Gasteiger partial charge in [-0.15, -0.1) is 90.7 Å². The fraction of sp³-hybridized carbons (Fsp3) is 0.269. The Bertz CT molecular complexity index is 6100. The van der Waals surface area contributed by atoms with Crippen LogP contribution in [0.15, 0.2) is 219 Å². The predicted molar refractivity (Wildman–Crippen MR) is 579 cm³/mol. The number of pyridine rings is 8. The monoisotopic (exact) mass is 2230 g/mol. The molecule has 0 bridgehead atoms. The van der Waals surface area contributed by atoms with E-state index in [0.717, 1.165) is 22.8 Å². The molecule has 0 fully saturated rings. The minimum atomic E-state index is -1.33. The molecule has 0 atom stereocenters. The maximum atomic E-state index is 10.8. The summed E-state index contributed by atoms with van der Waals surface area (Å²) in [6.07, 6.45) is 44.6. The van der Waals surface area contributed by atoms with Crippen LogP contribution in [0.25, 0.3) is 147 Å². The number of carbonyl (C=O) groups is 4. The van der Waals surface area contributed by atoms with Gasteiger partial charge in [-0.2, -0.15) is 20.6 Å². The first-order valence-corrected chi connectivity index (χ1v) is 52.5. The standard InChI is InChI=1S/C42H48N2S4.C34H36N2S4.2C12H8N2O4.4CNS.2Ru/c1-3-5-7-9-11-13-15-33-17-19-39(45-33)41-23-21-37(47-41)31-25-27-43-35(29-31)36-30-32(26-28-44-36)38-22-24-42(48-38)40-20-18-34(46-40)16-14-12-10-8-6-4-2;1-3-5-7-9-11-25-19-31-33(37-25)21-29(39-31)23-13-15-35-27(17-23)28-18-24(14-16-36-28)30-22-34-32(40-30)20-26(38-34)12-10-8-6-4-2;2*15-11(16)7-1-3-13-9(5-7)10-6-8(12(17)18)2-4-14-10;4*2-1-3;;/h17-30H,3-16H2,1-2H3;13-22H,3-12H2,1-2H3;2*1-6H,(H,15,16)(H,17,18);;;;;;/q;;;;4*-1;2*+2/p-1. The molecular weight excluding hydrogens is 2130 g/mol. The van der Waals surface area contributed by atoms with Gasteiger partial charge in [0.1, 0.15) is 0 Å². The third-order valence-corrected chi connectivity index (χ3v) is 30.6. The molecule has 0 aliphatic heterocycles. The maximum Gasteiger partial charge on any atom is 2.00 e. The van der Waals surface area contributed by atoms with Gasteiger partial charge in [0.15, 0.2) is 0 Å². The Kier molecular flexibility index (Phi) is 52.6. The van der Waals surface area contributed by atoms with Crippen molar-refractivity contribution in [3.05, 3.63) is 283 Å². The van der Waals surface area contributed by atoms with Crippen LogP contribution in [0.2, 0.25) is 0 Å². The van der Waals surface area contributed by atoms with Crippen LogP contribution in [0, 0.1) is 0 Å². The zero-order chi connectivity index (χ0) is 97.4. The van der Waals surface area contributed by atoms with Gasteiger partial charge in [0, 0.05) is 132 Å². The summed E-state index contributed by atoms with van der Waals surface area (Å²) in [6, 6.07) is 55.8. The number of hydrogen-bond donors (Lipinski definition) is 3. The van der Waals surface area contributed by atoms with E-state index in [4.69, 9.17) is 56.9 Å². The van der Waals surface area contributed by atoms with Crippen molar-refractivity contribution < 1.29 is 78.6 Å². The van der Waals surface area contributed by atoms with E-state index in [0.29, 0.717) is 11.4 Å². The molecule has 0 aliphatic rings. The van der Waals surface area contributed by atoms with Gasteiger partial charge in [-0.25, -0.2) is 14.4 Å². The van der Waals surface area contributed by atoms with Crippen LogP contribution in [0.1, 0.15) is 217 Å². The Balaban J connectivity index is 0.000000256. The van der Waals surface area contributed by atoms with Crippen molar-refractivity contribution in [2.45, 2.75) is 182 Å². The minimum absolute atomic E-state index is 0. The molecule has 0 spiro atoms. The summed E-state index contributed by atoms with van der Waals surface area (Å²) in [5, 5.41) is 71.1. The summed E-state index contributed by atoms with van der Waals surface area (Å²) >= 11 is 30.2. The zero-order valence-corrected chi connectivity index (χ0v) is 89.4. The number of carboxylic acids is 4. The van der Waals surface area contributed by atoms with Crippen LogP contribution in [0.5, 0.6) is 0 Å². The van der Waals surface area contributed by atoms with Crippen LogP contribution < -0.4 is 5.11 Å². The van der Waals surface area contributed by atoms with Gasteiger partial charge in [0.05, 0.1) is 68.2 Å². The fourth-order valence-corrected chi connectivity index (χ4v) is 23.4. The molecule has 0 aliphatic carbocycles. The molecule has 0 radical (unpaired) electrons. The Morgan fingerprint density at radius 3 is 0.783 bits per heavy atom. The summed E-state index contributed by atoms with van der Waals surface area (Å²) in [4.78, 5) is 94.6. The second kappa shape index (κ2) is 63.4. The number of fused-ring (bicyclic) bond motifs is 2. The fourth-order valence-electron chi connectivity index (χ4n) is 14.2. The molecule has 20 nitrogen and oxygen atoms in total. The smallest absolute Gasteiger partial charge is 0.753 e. The number of nitrogens with zero attached hydrogens (tertiary/aromatic N) is 12. The zero-order valence-electron chi connectivity index (χ0n) is 76.1. The van der Waals surface area contributed by atoms with E-state index in [1.54, 1.807) is 0 Å². The molecule has 0 unspecified atom stereocenters. The van der Waals surface area contributed by atoms with E-state index in [1.165, 1.54) is 348 Å². The second-order valence-corrected chi connectivity index (χ2v) is 40.4. The first kappa shape index (κ1) is 115. The van der Waals surface area contributed by atoms with Gasteiger partial charge >= 0.3 is 56.9 Å². The Morgan fingerprint density at radius 1 is 0.268 bits per heavy atom. The average Bonchev–Trinajstić information content (AvgIpc) is 1.63. The summed E-state index contributed by atoms with van der Waals surface area (Å²) in [6.45, 7) is 9.11. The second-order valence-electron chi connectivity index (χ2n) is 30.6. The largest absolute Gasteiger partial charge is 2.00 e. The number of aryl methyl sites for hydroxylation is 4. The number of rotatable bonds is 38. The molecule has 3 N–H and O–H groups in total. The molecule has 0 saturated heterocycles. The first-order valence-electron chi connectivity index (χ1n) is 44.3. The number of thiocarbonyl (C=S) groups is 4. The summed E-state index contributed by atoms with van der Waals surface area (Å²) < 4.78 is 5.63. The van der Waals surface area contributed by atoms with E-state index in [2.05, 4.69) is 218 Å². The van der Waals surface area contributed by atoms with E-state index in [-0.39, 0.29) is 72.6 Å². The summed E-state index contributed by atoms with van der Waals surface area (Å²) in [5.41, 5.74) is 9.88. The van der Waals surface area contributed by atoms with Gasteiger partial charge < -0.3 is 46.9 Å². The van der Waals surface area contributed by atoms with Gasteiger partial charge in [-0.3, -0.25) is 39.9 Å². The number of carbonyl (C=O) groups excluding carboxylic acids is 1. The Labute approximate surface area is 883 Å². The van der Waals surface area contributed by atoms with Crippen LogP contribution in [0.3, 0.4) is 0 Å². The molecule has 34 heteroatoms. The number of aromatic carboxylic acids is 4. The van der Waals surface area contributed by atoms with Crippen molar-refractivity contribution in [2.75, 3.05) is 0 Å². The number of isothiocyanates is 4. The molecule has 138 heavy (non-hydrogen) atoms. The van der Waals surface area contributed by atoms with Crippen molar-refractivity contribution in [1.29, 1.82) is 0 Å². The third-order valence-electron chi connectivity index (χ3n) is 20.9. The topological polar surface area (TPSA) is 344 Å². The van der Waals surface area contributed by atoms with Gasteiger partial charge in [0.2, 0.25) is 0 Å². The molecule has 0 amide bonds. The molecule has 0 saturated carbocycles. The minimum Gasteiger partial charge on any atom is -0.753 e. The van der Waals surface area contributed by atoms with Gasteiger partial charge in [-0.05, 0) is 243 Å². The SMILES string of the molecule is CCCCCCCCc1ccc(-c2ccc(-c3ccnc(-c4cc(-c5ccc(-c6ccc(CCCCCCCC)s6)s5)ccn4)c3)s2)s1.CCCCCCc1cc2sc(-c3ccnc(-c4cc(-c5cc6sc(CCCCCC)cc6s5)ccn4)c3)cc2s1.O=C(O)c1ccnc(-c2cc(C(=O)O)ccn2)c1.O=C([O-])c1ccnc(-c2cc(C(=O)O)ccn2)c1.[N-]=C=S.[N-]=C=S.[N-]=C=S.[N-]=C=S.[Ru+2].[Ru+2]. The maximum absolute atomic E-state index is 10.8. The first-order chi connectivity index (χ1) is 66.2. The van der Waals surface area contributed by atoms with E-state index in [1.807, 2.05) is 115 Å². The van der Waals surface area contributed by atoms with Crippen LogP contribution in [-0.4, -0.2) is 99.7 Å². The van der Waals surface area contributed by atoms with E-state index >= 15 is 0 Å². The quantitative estimate of drug-likeness (QED) is 0.0140. The molecule has 16 aromatic rings. The van der Waals surface area contributed by atoms with Crippen LogP contribution >= 0.6 is 140 Å². The molecule has 0 aromatic carbocycles. The number of carboxylic acid groups (broad SMARTS) is 4. The average molecular weight is 2230 g/mol. The predicted octanol–water partition coefficient (Wildman–Crippen LogP) is 31.5. The van der Waals surface area contributed by atoms with Gasteiger partial charge in [-0.1, -0.05) is 179 Å². The molecule has 16 heterocycles. The van der Waals surface area contributed by atoms with E-state index in [9.17, 15) is 24.3 Å². The molecule has 712 valence electrons. The van der Waals surface area contributed by atoms with Crippen molar-refractivity contribution >= 4 is 203 Å². The number of hydrogen-bond acceptors (Lipinski definition) is 25. The van der Waals surface area contributed by atoms with E-state index < -0.39 is 23.9 Å². The molecular formula is C104H99N12O8Ru2S12-. The van der Waals surface area contributed by atoms with Gasteiger partial charge in [0.25, 0.3) is 0 Å². The van der Waals surface area contributed by atoms with Crippen molar-refractivity contribution in [2.24, 2.45) is 0 Å². The third kappa shape index (κ3) is 37.0. The van der Waals surface area contributed by atoms with Crippen molar-refractivity contribution in [3.8, 4) is 107 Å². The van der Waals surface area contributed by atoms with Crippen molar-refractivity contribution in [3.63, 3.8) is 0 Å². The van der Waals surface area contributed by atoms with Crippen LogP contribution in [-0.2, 0) is 64.6 Å². The summed E-state index contributed by atoms with van der Waals surface area (Å²) in [7, 11) is 0. The molecule has 16 aromatic heterocycles. The number of unbranched alkanes of at least 4 members (excludes halogenated alkanes) is 16. The molecule has 16 rings (SSSR count). The Hall–Kier alpha value is -10.4. The summed E-state index contributed by atoms with van der Waals surface area (Å²) in [5.74, 6) is -4.57. The van der Waals surface area contributed by atoms with Crippen molar-refractivity contribution in [1.82, 2.24) is 39.9 Å². The Morgan fingerprint density at radius 2 is 0.493 bits per heavy atom. The van der Waals surface area contributed by atoms with Crippen LogP contribution in [0.4, 0.5) is 0 Å². The normalized spacial score (nSPS) is 10.2. The number of aromatic nitrogens is 8.